The normalized spacial score (nSPS) is 11.4. The van der Waals surface area contributed by atoms with Gasteiger partial charge in [0, 0.05) is 6.20 Å². The molecule has 7 nitrogen and oxygen atoms in total. The smallest absolute Gasteiger partial charge is 0.350 e. The Morgan fingerprint density at radius 3 is 2.54 bits per heavy atom. The van der Waals surface area contributed by atoms with E-state index in [1.807, 2.05) is 0 Å². The fourth-order valence-corrected chi connectivity index (χ4v) is 3.25. The highest BCUT2D eigenvalue weighted by atomic mass is 32.2. The number of benzene rings is 2. The lowest BCUT2D eigenvalue weighted by molar-refractivity contribution is -0.138. The molecule has 0 unspecified atom stereocenters. The minimum absolute atomic E-state index is 0.0106. The molecule has 0 bridgehead atoms. The number of sulfonamides is 1. The highest BCUT2D eigenvalue weighted by molar-refractivity contribution is 7.92. The number of carbonyl (C=O) groups excluding carboxylic acids is 1. The van der Waals surface area contributed by atoms with Crippen molar-refractivity contribution in [3.8, 4) is 6.07 Å². The predicted octanol–water partition coefficient (Wildman–Crippen LogP) is 3.15. The Bertz CT molecular complexity index is 1060. The van der Waals surface area contributed by atoms with E-state index in [4.69, 9.17) is 10.00 Å². The summed E-state index contributed by atoms with van der Waals surface area (Å²) in [7, 11) is -4.44. The number of nitrogens with zero attached hydrogens (tertiary/aromatic N) is 1. The molecule has 0 aliphatic heterocycles. The number of hydrogen-bond acceptors (Lipinski definition) is 6. The Morgan fingerprint density at radius 1 is 1.21 bits per heavy atom. The molecular formula is C18H15F2N3O4S. The second kappa shape index (κ2) is 8.96. The number of para-hydroxylation sites is 2. The molecule has 0 heterocycles. The maximum Gasteiger partial charge on any atom is 0.350 e. The highest BCUT2D eigenvalue weighted by Gasteiger charge is 2.21. The van der Waals surface area contributed by atoms with Crippen LogP contribution in [0.2, 0.25) is 0 Å². The van der Waals surface area contributed by atoms with Crippen molar-refractivity contribution in [2.45, 2.75) is 11.8 Å². The minimum atomic E-state index is -4.44. The maximum absolute atomic E-state index is 13.8. The number of anilines is 2. The molecule has 0 fully saturated rings. The summed E-state index contributed by atoms with van der Waals surface area (Å²) in [5.41, 5.74) is -0.181. The van der Waals surface area contributed by atoms with Crippen LogP contribution in [0.5, 0.6) is 0 Å². The molecule has 0 spiro atoms. The Kier molecular flexibility index (Phi) is 6.68. The zero-order valence-electron chi connectivity index (χ0n) is 14.6. The van der Waals surface area contributed by atoms with E-state index >= 15 is 0 Å². The van der Waals surface area contributed by atoms with E-state index < -0.39 is 32.5 Å². The molecule has 28 heavy (non-hydrogen) atoms. The van der Waals surface area contributed by atoms with Crippen LogP contribution in [0, 0.1) is 23.0 Å². The summed E-state index contributed by atoms with van der Waals surface area (Å²) in [5.74, 6) is -2.88. The van der Waals surface area contributed by atoms with Gasteiger partial charge in [0.15, 0.2) is 5.57 Å². The van der Waals surface area contributed by atoms with E-state index in [-0.39, 0.29) is 23.6 Å². The van der Waals surface area contributed by atoms with Gasteiger partial charge in [-0.05, 0) is 37.3 Å². The molecule has 0 aliphatic carbocycles. The quantitative estimate of drug-likeness (QED) is 0.415. The molecule has 0 aromatic heterocycles. The molecule has 146 valence electrons. The molecule has 2 rings (SSSR count). The van der Waals surface area contributed by atoms with E-state index in [9.17, 15) is 22.0 Å². The number of esters is 1. The van der Waals surface area contributed by atoms with Gasteiger partial charge in [-0.15, -0.1) is 0 Å². The monoisotopic (exact) mass is 407 g/mol. The summed E-state index contributed by atoms with van der Waals surface area (Å²) in [6, 6.07) is 9.60. The molecule has 2 aromatic carbocycles. The van der Waals surface area contributed by atoms with Crippen LogP contribution in [0.1, 0.15) is 6.92 Å². The number of rotatable bonds is 7. The zero-order valence-corrected chi connectivity index (χ0v) is 15.4. The SMILES string of the molecule is CCOC(=O)/C(C#N)=C/Nc1ccccc1NS(=O)(=O)c1cc(F)ccc1F. The lowest BCUT2D eigenvalue weighted by Crippen LogP contribution is -2.16. The second-order valence-electron chi connectivity index (χ2n) is 5.26. The van der Waals surface area contributed by atoms with Crippen LogP contribution in [0.15, 0.2) is 59.1 Å². The molecule has 0 amide bonds. The van der Waals surface area contributed by atoms with Crippen LogP contribution in [0.25, 0.3) is 0 Å². The Hall–Kier alpha value is -3.45. The Morgan fingerprint density at radius 2 is 1.89 bits per heavy atom. The van der Waals surface area contributed by atoms with Gasteiger partial charge in [-0.25, -0.2) is 22.0 Å². The van der Waals surface area contributed by atoms with Crippen molar-refractivity contribution in [1.82, 2.24) is 0 Å². The summed E-state index contributed by atoms with van der Waals surface area (Å²) in [5, 5.41) is 11.6. The first-order valence-corrected chi connectivity index (χ1v) is 9.37. The standard InChI is InChI=1S/C18H15F2N3O4S/c1-2-27-18(24)12(10-21)11-22-15-5-3-4-6-16(15)23-28(25,26)17-9-13(19)7-8-14(17)20/h3-9,11,22-23H,2H2,1H3/b12-11+. The number of nitriles is 1. The number of ether oxygens (including phenoxy) is 1. The summed E-state index contributed by atoms with van der Waals surface area (Å²) >= 11 is 0. The summed E-state index contributed by atoms with van der Waals surface area (Å²) in [4.78, 5) is 10.8. The third kappa shape index (κ3) is 5.05. The van der Waals surface area contributed by atoms with Gasteiger partial charge in [0.1, 0.15) is 22.6 Å². The van der Waals surface area contributed by atoms with E-state index in [1.54, 1.807) is 19.1 Å². The van der Waals surface area contributed by atoms with Crippen molar-refractivity contribution in [3.63, 3.8) is 0 Å². The highest BCUT2D eigenvalue weighted by Crippen LogP contribution is 2.26. The lowest BCUT2D eigenvalue weighted by atomic mass is 10.2. The third-order valence-corrected chi connectivity index (χ3v) is 4.72. The predicted molar refractivity (Wildman–Crippen MR) is 97.6 cm³/mol. The molecule has 0 aliphatic rings. The molecule has 2 N–H and O–H groups in total. The van der Waals surface area contributed by atoms with Crippen LogP contribution in [0.3, 0.4) is 0 Å². The van der Waals surface area contributed by atoms with E-state index in [0.717, 1.165) is 12.3 Å². The summed E-state index contributed by atoms with van der Waals surface area (Å²) in [6.07, 6.45) is 1.05. The zero-order chi connectivity index (χ0) is 20.7. The van der Waals surface area contributed by atoms with Crippen molar-refractivity contribution in [1.29, 1.82) is 5.26 Å². The fraction of sp³-hybridized carbons (Fsp3) is 0.111. The third-order valence-electron chi connectivity index (χ3n) is 3.34. The second-order valence-corrected chi connectivity index (χ2v) is 6.91. The van der Waals surface area contributed by atoms with Crippen LogP contribution in [0.4, 0.5) is 20.2 Å². The number of halogens is 2. The van der Waals surface area contributed by atoms with Crippen molar-refractivity contribution >= 4 is 27.4 Å². The first kappa shape index (κ1) is 20.9. The van der Waals surface area contributed by atoms with Crippen molar-refractivity contribution in [2.24, 2.45) is 0 Å². The maximum atomic E-state index is 13.8. The molecule has 0 atom stereocenters. The van der Waals surface area contributed by atoms with E-state index in [1.165, 1.54) is 18.2 Å². The van der Waals surface area contributed by atoms with E-state index in [0.29, 0.717) is 12.1 Å². The van der Waals surface area contributed by atoms with Crippen molar-refractivity contribution in [3.05, 3.63) is 65.9 Å². The summed E-state index contributed by atoms with van der Waals surface area (Å²) < 4.78 is 58.9. The molecule has 10 heteroatoms. The molecule has 0 saturated heterocycles. The molecular weight excluding hydrogens is 392 g/mol. The minimum Gasteiger partial charge on any atom is -0.462 e. The Balaban J connectivity index is 2.33. The van der Waals surface area contributed by atoms with Gasteiger partial charge in [-0.1, -0.05) is 12.1 Å². The first-order valence-electron chi connectivity index (χ1n) is 7.89. The number of nitrogens with one attached hydrogen (secondary N) is 2. The van der Waals surface area contributed by atoms with Crippen molar-refractivity contribution in [2.75, 3.05) is 16.6 Å². The fourth-order valence-electron chi connectivity index (χ4n) is 2.08. The van der Waals surface area contributed by atoms with Crippen LogP contribution < -0.4 is 10.0 Å². The topological polar surface area (TPSA) is 108 Å². The van der Waals surface area contributed by atoms with Gasteiger partial charge in [0.05, 0.1) is 18.0 Å². The molecule has 0 radical (unpaired) electrons. The van der Waals surface area contributed by atoms with Gasteiger partial charge in [-0.3, -0.25) is 4.72 Å². The number of hydrogen-bond donors (Lipinski definition) is 2. The average molecular weight is 407 g/mol. The van der Waals surface area contributed by atoms with Gasteiger partial charge < -0.3 is 10.1 Å². The largest absolute Gasteiger partial charge is 0.462 e. The van der Waals surface area contributed by atoms with Crippen LogP contribution in [-0.2, 0) is 19.6 Å². The molecule has 0 saturated carbocycles. The van der Waals surface area contributed by atoms with Gasteiger partial charge >= 0.3 is 5.97 Å². The van der Waals surface area contributed by atoms with Gasteiger partial charge in [-0.2, -0.15) is 5.26 Å². The summed E-state index contributed by atoms with van der Waals surface area (Å²) in [6.45, 7) is 1.66. The van der Waals surface area contributed by atoms with Crippen molar-refractivity contribution < 1.29 is 26.7 Å². The van der Waals surface area contributed by atoms with Gasteiger partial charge in [0.2, 0.25) is 0 Å². The van der Waals surface area contributed by atoms with Crippen LogP contribution >= 0.6 is 0 Å². The number of carbonyl (C=O) groups is 1. The average Bonchev–Trinajstić information content (AvgIpc) is 2.65. The van der Waals surface area contributed by atoms with E-state index in [2.05, 4.69) is 10.0 Å². The lowest BCUT2D eigenvalue weighted by Gasteiger charge is -2.13. The Labute approximate surface area is 160 Å². The van der Waals surface area contributed by atoms with Gasteiger partial charge in [0.25, 0.3) is 10.0 Å². The first-order chi connectivity index (χ1) is 13.3. The van der Waals surface area contributed by atoms with Crippen LogP contribution in [-0.4, -0.2) is 21.0 Å². The molecule has 2 aromatic rings.